The summed E-state index contributed by atoms with van der Waals surface area (Å²) in [5.41, 5.74) is -0.418. The van der Waals surface area contributed by atoms with Crippen LogP contribution in [0.5, 0.6) is 0 Å². The zero-order valence-corrected chi connectivity index (χ0v) is 9.60. The Labute approximate surface area is 94.7 Å². The van der Waals surface area contributed by atoms with Crippen LogP contribution in [-0.2, 0) is 9.53 Å². The minimum absolute atomic E-state index is 0.146. The Bertz CT molecular complexity index is 311. The van der Waals surface area contributed by atoms with Crippen molar-refractivity contribution in [2.75, 3.05) is 19.7 Å². The molecular weight excluding hydrogens is 210 g/mol. The van der Waals surface area contributed by atoms with Crippen molar-refractivity contribution >= 4 is 12.1 Å². The third-order valence-corrected chi connectivity index (χ3v) is 2.83. The normalized spacial score (nSPS) is 22.9. The SMILES string of the molecule is C=CCOC(=O)N1C[C@@H](C(=O)O)C(C)(C)C1. The van der Waals surface area contributed by atoms with Crippen LogP contribution in [0, 0.1) is 11.3 Å². The van der Waals surface area contributed by atoms with Crippen LogP contribution in [0.4, 0.5) is 4.79 Å². The fourth-order valence-corrected chi connectivity index (χ4v) is 1.91. The summed E-state index contributed by atoms with van der Waals surface area (Å²) in [6.07, 6.45) is 1.00. The maximum atomic E-state index is 11.5. The van der Waals surface area contributed by atoms with Crippen molar-refractivity contribution in [3.8, 4) is 0 Å². The number of rotatable bonds is 3. The highest BCUT2D eigenvalue weighted by atomic mass is 16.6. The Morgan fingerprint density at radius 2 is 2.25 bits per heavy atom. The molecular formula is C11H17NO4. The fourth-order valence-electron chi connectivity index (χ4n) is 1.91. The average molecular weight is 227 g/mol. The maximum absolute atomic E-state index is 11.5. The molecule has 5 nitrogen and oxygen atoms in total. The summed E-state index contributed by atoms with van der Waals surface area (Å²) >= 11 is 0. The molecule has 0 aromatic rings. The van der Waals surface area contributed by atoms with Crippen LogP contribution in [0.15, 0.2) is 12.7 Å². The second-order valence-corrected chi connectivity index (χ2v) is 4.63. The number of carboxylic acid groups (broad SMARTS) is 1. The Hall–Kier alpha value is -1.52. The van der Waals surface area contributed by atoms with E-state index in [0.717, 1.165) is 0 Å². The molecule has 1 aliphatic heterocycles. The highest BCUT2D eigenvalue weighted by Crippen LogP contribution is 2.35. The van der Waals surface area contributed by atoms with E-state index in [4.69, 9.17) is 9.84 Å². The lowest BCUT2D eigenvalue weighted by molar-refractivity contribution is -0.143. The van der Waals surface area contributed by atoms with Crippen LogP contribution in [-0.4, -0.2) is 41.8 Å². The van der Waals surface area contributed by atoms with Gasteiger partial charge in [-0.15, -0.1) is 0 Å². The van der Waals surface area contributed by atoms with Crippen LogP contribution in [0.25, 0.3) is 0 Å². The first kappa shape index (κ1) is 12.5. The smallest absolute Gasteiger partial charge is 0.410 e. The first-order valence-electron chi connectivity index (χ1n) is 5.14. The van der Waals surface area contributed by atoms with Crippen molar-refractivity contribution in [1.82, 2.24) is 4.90 Å². The van der Waals surface area contributed by atoms with Crippen LogP contribution in [0.1, 0.15) is 13.8 Å². The molecule has 5 heteroatoms. The lowest BCUT2D eigenvalue weighted by Crippen LogP contribution is -2.30. The van der Waals surface area contributed by atoms with Gasteiger partial charge in [0.15, 0.2) is 0 Å². The summed E-state index contributed by atoms with van der Waals surface area (Å²) in [5, 5.41) is 9.03. The third-order valence-electron chi connectivity index (χ3n) is 2.83. The van der Waals surface area contributed by atoms with Crippen molar-refractivity contribution in [2.45, 2.75) is 13.8 Å². The van der Waals surface area contributed by atoms with E-state index in [1.165, 1.54) is 11.0 Å². The minimum atomic E-state index is -0.871. The van der Waals surface area contributed by atoms with Crippen molar-refractivity contribution in [3.05, 3.63) is 12.7 Å². The zero-order chi connectivity index (χ0) is 12.3. The van der Waals surface area contributed by atoms with Crippen LogP contribution >= 0.6 is 0 Å². The number of carbonyl (C=O) groups is 2. The van der Waals surface area contributed by atoms with Crippen molar-refractivity contribution < 1.29 is 19.4 Å². The molecule has 0 aromatic heterocycles. The van der Waals surface area contributed by atoms with Crippen LogP contribution < -0.4 is 0 Å². The van der Waals surface area contributed by atoms with Gasteiger partial charge >= 0.3 is 12.1 Å². The van der Waals surface area contributed by atoms with Gasteiger partial charge in [-0.1, -0.05) is 26.5 Å². The average Bonchev–Trinajstić information content (AvgIpc) is 2.50. The highest BCUT2D eigenvalue weighted by Gasteiger charge is 2.45. The van der Waals surface area contributed by atoms with Crippen LogP contribution in [0.3, 0.4) is 0 Å². The van der Waals surface area contributed by atoms with E-state index in [1.807, 2.05) is 13.8 Å². The molecule has 0 bridgehead atoms. The summed E-state index contributed by atoms with van der Waals surface area (Å²) in [6, 6.07) is 0. The summed E-state index contributed by atoms with van der Waals surface area (Å²) in [4.78, 5) is 24.0. The minimum Gasteiger partial charge on any atom is -0.481 e. The van der Waals surface area contributed by atoms with Gasteiger partial charge in [0.25, 0.3) is 0 Å². The lowest BCUT2D eigenvalue weighted by Gasteiger charge is -2.21. The quantitative estimate of drug-likeness (QED) is 0.739. The number of hydrogen-bond donors (Lipinski definition) is 1. The van der Waals surface area contributed by atoms with Gasteiger partial charge in [0.05, 0.1) is 5.92 Å². The van der Waals surface area contributed by atoms with E-state index in [0.29, 0.717) is 6.54 Å². The van der Waals surface area contributed by atoms with Gasteiger partial charge in [-0.05, 0) is 5.41 Å². The van der Waals surface area contributed by atoms with Gasteiger partial charge in [0.2, 0.25) is 0 Å². The van der Waals surface area contributed by atoms with Gasteiger partial charge in [-0.3, -0.25) is 4.79 Å². The van der Waals surface area contributed by atoms with Crippen molar-refractivity contribution in [1.29, 1.82) is 0 Å². The Morgan fingerprint density at radius 3 is 2.69 bits per heavy atom. The Kier molecular flexibility index (Phi) is 3.57. The van der Waals surface area contributed by atoms with E-state index < -0.39 is 23.4 Å². The molecule has 90 valence electrons. The molecule has 0 spiro atoms. The van der Waals surface area contributed by atoms with Gasteiger partial charge in [0.1, 0.15) is 6.61 Å². The summed E-state index contributed by atoms with van der Waals surface area (Å²) in [5.74, 6) is -1.41. The molecule has 1 N–H and O–H groups in total. The first-order valence-corrected chi connectivity index (χ1v) is 5.14. The molecule has 1 atom stereocenters. The zero-order valence-electron chi connectivity index (χ0n) is 9.60. The topological polar surface area (TPSA) is 66.8 Å². The molecule has 0 saturated carbocycles. The highest BCUT2D eigenvalue weighted by molar-refractivity contribution is 5.75. The van der Waals surface area contributed by atoms with Crippen LogP contribution in [0.2, 0.25) is 0 Å². The molecule has 1 amide bonds. The standard InChI is InChI=1S/C11H17NO4/c1-4-5-16-10(15)12-6-8(9(13)14)11(2,3)7-12/h4,8H,1,5-7H2,2-3H3,(H,13,14)/t8-/m0/s1. The third kappa shape index (κ3) is 2.53. The molecule has 1 aliphatic rings. The van der Waals surface area contributed by atoms with Gasteiger partial charge < -0.3 is 14.7 Å². The van der Waals surface area contributed by atoms with Gasteiger partial charge in [-0.2, -0.15) is 0 Å². The van der Waals surface area contributed by atoms with E-state index >= 15 is 0 Å². The first-order chi connectivity index (χ1) is 7.38. The Balaban J connectivity index is 2.64. The number of likely N-dealkylation sites (tertiary alicyclic amines) is 1. The van der Waals surface area contributed by atoms with E-state index in [1.54, 1.807) is 0 Å². The molecule has 16 heavy (non-hydrogen) atoms. The number of carboxylic acids is 1. The number of aliphatic carboxylic acids is 1. The van der Waals surface area contributed by atoms with E-state index in [9.17, 15) is 9.59 Å². The molecule has 0 radical (unpaired) electrons. The van der Waals surface area contributed by atoms with Gasteiger partial charge in [0, 0.05) is 13.1 Å². The van der Waals surface area contributed by atoms with E-state index in [-0.39, 0.29) is 13.2 Å². The largest absolute Gasteiger partial charge is 0.481 e. The lowest BCUT2D eigenvalue weighted by atomic mass is 9.82. The maximum Gasteiger partial charge on any atom is 0.410 e. The van der Waals surface area contributed by atoms with Crippen molar-refractivity contribution in [2.24, 2.45) is 11.3 Å². The molecule has 1 saturated heterocycles. The number of carbonyl (C=O) groups excluding carboxylic acids is 1. The molecule has 1 heterocycles. The number of nitrogens with zero attached hydrogens (tertiary/aromatic N) is 1. The predicted octanol–water partition coefficient (Wildman–Crippen LogP) is 1.35. The molecule has 1 fully saturated rings. The summed E-state index contributed by atoms with van der Waals surface area (Å²) in [6.45, 7) is 7.88. The summed E-state index contributed by atoms with van der Waals surface area (Å²) in [7, 11) is 0. The monoisotopic (exact) mass is 227 g/mol. The number of ether oxygens (including phenoxy) is 1. The number of amides is 1. The second-order valence-electron chi connectivity index (χ2n) is 4.63. The van der Waals surface area contributed by atoms with E-state index in [2.05, 4.69) is 6.58 Å². The second kappa shape index (κ2) is 4.55. The molecule has 1 rings (SSSR count). The molecule has 0 aliphatic carbocycles. The number of hydrogen-bond acceptors (Lipinski definition) is 3. The van der Waals surface area contributed by atoms with Crippen molar-refractivity contribution in [3.63, 3.8) is 0 Å². The Morgan fingerprint density at radius 1 is 1.62 bits per heavy atom. The predicted molar refractivity (Wildman–Crippen MR) is 58.0 cm³/mol. The fraction of sp³-hybridized carbons (Fsp3) is 0.636. The summed E-state index contributed by atoms with van der Waals surface area (Å²) < 4.78 is 4.87. The molecule has 0 unspecified atom stereocenters. The molecule has 0 aromatic carbocycles. The van der Waals surface area contributed by atoms with Gasteiger partial charge in [-0.25, -0.2) is 4.79 Å².